The highest BCUT2D eigenvalue weighted by Gasteiger charge is 2.16. The van der Waals surface area contributed by atoms with E-state index in [9.17, 15) is 8.42 Å². The Labute approximate surface area is 102 Å². The standard InChI is InChI=1S/C11H18N2O3S/c1-2-16-8-7-13-17(14,15)11-6-4-3-5-10(11)9-12/h3-6,13H,2,7-9,12H2,1H3. The molecule has 17 heavy (non-hydrogen) atoms. The van der Waals surface area contributed by atoms with Gasteiger partial charge in [0.25, 0.3) is 0 Å². The molecule has 0 unspecified atom stereocenters. The van der Waals surface area contributed by atoms with Gasteiger partial charge in [0.15, 0.2) is 0 Å². The molecule has 6 heteroatoms. The van der Waals surface area contributed by atoms with E-state index in [1.54, 1.807) is 24.3 Å². The summed E-state index contributed by atoms with van der Waals surface area (Å²) >= 11 is 0. The molecular formula is C11H18N2O3S. The molecule has 1 aromatic carbocycles. The second-order valence-corrected chi connectivity index (χ2v) is 5.14. The summed E-state index contributed by atoms with van der Waals surface area (Å²) in [5.74, 6) is 0. The minimum absolute atomic E-state index is 0.197. The maximum Gasteiger partial charge on any atom is 0.240 e. The van der Waals surface area contributed by atoms with Gasteiger partial charge in [-0.1, -0.05) is 18.2 Å². The molecule has 0 aliphatic rings. The predicted octanol–water partition coefficient (Wildman–Crippen LogP) is 0.460. The smallest absolute Gasteiger partial charge is 0.240 e. The maximum atomic E-state index is 12.0. The quantitative estimate of drug-likeness (QED) is 0.696. The van der Waals surface area contributed by atoms with Crippen molar-refractivity contribution in [1.29, 1.82) is 0 Å². The number of hydrogen-bond donors (Lipinski definition) is 2. The summed E-state index contributed by atoms with van der Waals surface area (Å²) in [7, 11) is -3.49. The SMILES string of the molecule is CCOCCNS(=O)(=O)c1ccccc1CN. The first-order chi connectivity index (χ1) is 8.11. The number of rotatable bonds is 7. The third-order valence-electron chi connectivity index (χ3n) is 2.22. The van der Waals surface area contributed by atoms with Crippen LogP contribution in [0.2, 0.25) is 0 Å². The van der Waals surface area contributed by atoms with E-state index in [0.717, 1.165) is 0 Å². The molecule has 0 saturated heterocycles. The number of nitrogens with two attached hydrogens (primary N) is 1. The summed E-state index contributed by atoms with van der Waals surface area (Å²) in [6.07, 6.45) is 0. The van der Waals surface area contributed by atoms with Crippen molar-refractivity contribution in [1.82, 2.24) is 4.72 Å². The zero-order chi connectivity index (χ0) is 12.7. The molecular weight excluding hydrogens is 240 g/mol. The summed E-state index contributed by atoms with van der Waals surface area (Å²) < 4.78 is 31.5. The molecule has 0 atom stereocenters. The van der Waals surface area contributed by atoms with Crippen LogP contribution in [-0.2, 0) is 21.3 Å². The van der Waals surface area contributed by atoms with Crippen molar-refractivity contribution in [2.24, 2.45) is 5.73 Å². The molecule has 0 radical (unpaired) electrons. The average molecular weight is 258 g/mol. The minimum Gasteiger partial charge on any atom is -0.380 e. The van der Waals surface area contributed by atoms with Crippen LogP contribution in [-0.4, -0.2) is 28.2 Å². The fourth-order valence-electron chi connectivity index (χ4n) is 1.40. The van der Waals surface area contributed by atoms with Crippen LogP contribution < -0.4 is 10.5 Å². The Morgan fingerprint density at radius 2 is 2.06 bits per heavy atom. The number of nitrogens with one attached hydrogen (secondary N) is 1. The van der Waals surface area contributed by atoms with Gasteiger partial charge < -0.3 is 10.5 Å². The molecule has 96 valence electrons. The number of ether oxygens (including phenoxy) is 1. The first-order valence-corrected chi connectivity index (χ1v) is 6.95. The van der Waals surface area contributed by atoms with Crippen molar-refractivity contribution in [3.8, 4) is 0 Å². The van der Waals surface area contributed by atoms with E-state index in [0.29, 0.717) is 18.8 Å². The zero-order valence-electron chi connectivity index (χ0n) is 9.85. The second kappa shape index (κ2) is 6.70. The van der Waals surface area contributed by atoms with Crippen LogP contribution in [0, 0.1) is 0 Å². The van der Waals surface area contributed by atoms with Gasteiger partial charge in [-0.15, -0.1) is 0 Å². The third kappa shape index (κ3) is 4.08. The fourth-order valence-corrected chi connectivity index (χ4v) is 2.67. The van der Waals surface area contributed by atoms with Gasteiger partial charge in [-0.05, 0) is 18.6 Å². The van der Waals surface area contributed by atoms with Crippen molar-refractivity contribution in [3.63, 3.8) is 0 Å². The monoisotopic (exact) mass is 258 g/mol. The van der Waals surface area contributed by atoms with Crippen molar-refractivity contribution in [2.45, 2.75) is 18.4 Å². The van der Waals surface area contributed by atoms with Crippen molar-refractivity contribution in [2.75, 3.05) is 19.8 Å². The van der Waals surface area contributed by atoms with E-state index in [2.05, 4.69) is 4.72 Å². The summed E-state index contributed by atoms with van der Waals surface area (Å²) in [6, 6.07) is 6.69. The van der Waals surface area contributed by atoms with Crippen LogP contribution in [0.1, 0.15) is 12.5 Å². The first kappa shape index (κ1) is 14.1. The van der Waals surface area contributed by atoms with E-state index in [1.807, 2.05) is 6.92 Å². The van der Waals surface area contributed by atoms with Gasteiger partial charge in [-0.2, -0.15) is 0 Å². The molecule has 0 spiro atoms. The lowest BCUT2D eigenvalue weighted by atomic mass is 10.2. The molecule has 0 bridgehead atoms. The molecule has 3 N–H and O–H groups in total. The third-order valence-corrected chi connectivity index (χ3v) is 3.79. The summed E-state index contributed by atoms with van der Waals surface area (Å²) in [4.78, 5) is 0.235. The Balaban J connectivity index is 2.75. The van der Waals surface area contributed by atoms with Gasteiger partial charge in [-0.25, -0.2) is 13.1 Å². The van der Waals surface area contributed by atoms with Crippen LogP contribution in [0.15, 0.2) is 29.2 Å². The van der Waals surface area contributed by atoms with Crippen LogP contribution in [0.4, 0.5) is 0 Å². The molecule has 0 aliphatic carbocycles. The lowest BCUT2D eigenvalue weighted by Crippen LogP contribution is -2.28. The highest BCUT2D eigenvalue weighted by Crippen LogP contribution is 2.14. The van der Waals surface area contributed by atoms with E-state index in [1.165, 1.54) is 0 Å². The van der Waals surface area contributed by atoms with Gasteiger partial charge in [-0.3, -0.25) is 0 Å². The number of benzene rings is 1. The first-order valence-electron chi connectivity index (χ1n) is 5.47. The average Bonchev–Trinajstić information content (AvgIpc) is 2.34. The molecule has 0 fully saturated rings. The van der Waals surface area contributed by atoms with E-state index in [-0.39, 0.29) is 18.0 Å². The molecule has 0 amide bonds. The highest BCUT2D eigenvalue weighted by atomic mass is 32.2. The molecule has 5 nitrogen and oxygen atoms in total. The van der Waals surface area contributed by atoms with E-state index in [4.69, 9.17) is 10.5 Å². The number of sulfonamides is 1. The van der Waals surface area contributed by atoms with Crippen molar-refractivity contribution in [3.05, 3.63) is 29.8 Å². The van der Waals surface area contributed by atoms with Crippen molar-refractivity contribution < 1.29 is 13.2 Å². The minimum atomic E-state index is -3.49. The normalized spacial score (nSPS) is 11.6. The summed E-state index contributed by atoms with van der Waals surface area (Å²) in [5, 5.41) is 0. The Hall–Kier alpha value is -0.950. The van der Waals surface area contributed by atoms with Gasteiger partial charge in [0.05, 0.1) is 11.5 Å². The van der Waals surface area contributed by atoms with Gasteiger partial charge >= 0.3 is 0 Å². The summed E-state index contributed by atoms with van der Waals surface area (Å²) in [6.45, 7) is 3.25. The van der Waals surface area contributed by atoms with Crippen LogP contribution >= 0.6 is 0 Å². The predicted molar refractivity (Wildman–Crippen MR) is 66.0 cm³/mol. The van der Waals surface area contributed by atoms with Gasteiger partial charge in [0.2, 0.25) is 10.0 Å². The Kier molecular flexibility index (Phi) is 5.57. The zero-order valence-corrected chi connectivity index (χ0v) is 10.7. The topological polar surface area (TPSA) is 81.4 Å². The lowest BCUT2D eigenvalue weighted by molar-refractivity contribution is 0.153. The largest absolute Gasteiger partial charge is 0.380 e. The van der Waals surface area contributed by atoms with Gasteiger partial charge in [0.1, 0.15) is 0 Å². The Bertz CT molecular complexity index is 446. The maximum absolute atomic E-state index is 12.0. The molecule has 1 rings (SSSR count). The van der Waals surface area contributed by atoms with Crippen LogP contribution in [0.5, 0.6) is 0 Å². The van der Waals surface area contributed by atoms with Gasteiger partial charge in [0, 0.05) is 19.7 Å². The second-order valence-electron chi connectivity index (χ2n) is 3.41. The Morgan fingerprint density at radius 3 is 2.71 bits per heavy atom. The molecule has 0 aromatic heterocycles. The van der Waals surface area contributed by atoms with E-state index < -0.39 is 10.0 Å². The fraction of sp³-hybridized carbons (Fsp3) is 0.455. The van der Waals surface area contributed by atoms with E-state index >= 15 is 0 Å². The molecule has 1 aromatic rings. The van der Waals surface area contributed by atoms with Crippen LogP contribution in [0.25, 0.3) is 0 Å². The van der Waals surface area contributed by atoms with Crippen LogP contribution in [0.3, 0.4) is 0 Å². The molecule has 0 heterocycles. The number of hydrogen-bond acceptors (Lipinski definition) is 4. The van der Waals surface area contributed by atoms with Crippen molar-refractivity contribution >= 4 is 10.0 Å². The molecule has 0 aliphatic heterocycles. The highest BCUT2D eigenvalue weighted by molar-refractivity contribution is 7.89. The lowest BCUT2D eigenvalue weighted by Gasteiger charge is -2.10. The summed E-state index contributed by atoms with van der Waals surface area (Å²) in [5.41, 5.74) is 6.11. The Morgan fingerprint density at radius 1 is 1.35 bits per heavy atom. The molecule has 0 saturated carbocycles.